The van der Waals surface area contributed by atoms with Crippen molar-refractivity contribution in [1.29, 1.82) is 0 Å². The summed E-state index contributed by atoms with van der Waals surface area (Å²) < 4.78 is 11.1. The van der Waals surface area contributed by atoms with Crippen LogP contribution in [0.5, 0.6) is 11.5 Å². The van der Waals surface area contributed by atoms with Crippen LogP contribution in [0.3, 0.4) is 0 Å². The van der Waals surface area contributed by atoms with Gasteiger partial charge in [0.1, 0.15) is 11.5 Å². The van der Waals surface area contributed by atoms with Crippen LogP contribution >= 0.6 is 0 Å². The predicted molar refractivity (Wildman–Crippen MR) is 183 cm³/mol. The van der Waals surface area contributed by atoms with E-state index in [4.69, 9.17) is 9.47 Å². The highest BCUT2D eigenvalue weighted by Crippen LogP contribution is 2.39. The third-order valence-electron chi connectivity index (χ3n) is 8.34. The molecule has 0 aliphatic heterocycles. The molecule has 7 nitrogen and oxygen atoms in total. The normalized spacial score (nSPS) is 12.3. The van der Waals surface area contributed by atoms with Gasteiger partial charge < -0.3 is 30.1 Å². The van der Waals surface area contributed by atoms with Gasteiger partial charge in [-0.25, -0.2) is 0 Å². The number of carbonyl (C=O) groups excluding carboxylic acids is 1. The van der Waals surface area contributed by atoms with Gasteiger partial charge in [0.05, 0.1) is 14.2 Å². The minimum Gasteiger partial charge on any atom is -0.496 e. The van der Waals surface area contributed by atoms with Gasteiger partial charge in [0.25, 0.3) is 0 Å². The fraction of sp³-hybridized carbons (Fsp3) is 0.237. The molecular weight excluding hydrogens is 560 g/mol. The Morgan fingerprint density at radius 2 is 1.16 bits per heavy atom. The zero-order valence-electron chi connectivity index (χ0n) is 26.4. The van der Waals surface area contributed by atoms with E-state index in [1.807, 2.05) is 61.8 Å². The molecule has 0 spiro atoms. The minimum absolute atomic E-state index is 0.0168. The van der Waals surface area contributed by atoms with E-state index >= 15 is 0 Å². The van der Waals surface area contributed by atoms with Gasteiger partial charge in [-0.05, 0) is 66.5 Å². The SMILES string of the molecule is CNC(=O)C[C@@H](c1ccccc1)c1c[nH]c2cccc(OC)c12.CNCC[C@@H](c1ccccc1)c1c[nH]c2cccc(OC)c12. The zero-order valence-corrected chi connectivity index (χ0v) is 26.4. The first-order valence-electron chi connectivity index (χ1n) is 15.3. The van der Waals surface area contributed by atoms with Crippen LogP contribution in [0.1, 0.15) is 46.9 Å². The van der Waals surface area contributed by atoms with Crippen LogP contribution in [-0.4, -0.2) is 50.7 Å². The number of hydrogen-bond acceptors (Lipinski definition) is 4. The smallest absolute Gasteiger partial charge is 0.220 e. The van der Waals surface area contributed by atoms with E-state index in [1.165, 1.54) is 16.5 Å². The molecule has 0 unspecified atom stereocenters. The lowest BCUT2D eigenvalue weighted by molar-refractivity contribution is -0.120. The molecule has 45 heavy (non-hydrogen) atoms. The van der Waals surface area contributed by atoms with E-state index in [9.17, 15) is 4.79 Å². The van der Waals surface area contributed by atoms with Crippen molar-refractivity contribution in [3.63, 3.8) is 0 Å². The molecule has 7 heteroatoms. The van der Waals surface area contributed by atoms with Crippen LogP contribution in [0.2, 0.25) is 0 Å². The third-order valence-corrected chi connectivity index (χ3v) is 8.34. The van der Waals surface area contributed by atoms with Crippen molar-refractivity contribution in [3.8, 4) is 11.5 Å². The summed E-state index contributed by atoms with van der Waals surface area (Å²) in [4.78, 5) is 18.7. The molecule has 2 heterocycles. The third kappa shape index (κ3) is 7.05. The molecule has 0 aliphatic rings. The molecular formula is C38H42N4O3. The topological polar surface area (TPSA) is 91.2 Å². The van der Waals surface area contributed by atoms with Crippen molar-refractivity contribution in [3.05, 3.63) is 132 Å². The van der Waals surface area contributed by atoms with E-state index in [0.29, 0.717) is 12.3 Å². The van der Waals surface area contributed by atoms with Crippen molar-refractivity contribution in [2.45, 2.75) is 24.7 Å². The highest BCUT2D eigenvalue weighted by Gasteiger charge is 2.23. The Kier molecular flexibility index (Phi) is 10.6. The van der Waals surface area contributed by atoms with Crippen molar-refractivity contribution in [2.75, 3.05) is 34.9 Å². The number of benzene rings is 4. The number of nitrogens with one attached hydrogen (secondary N) is 4. The largest absolute Gasteiger partial charge is 0.496 e. The van der Waals surface area contributed by atoms with E-state index in [1.54, 1.807) is 21.3 Å². The molecule has 0 bridgehead atoms. The molecule has 2 atom stereocenters. The molecule has 4 N–H and O–H groups in total. The maximum Gasteiger partial charge on any atom is 0.220 e. The molecule has 0 saturated heterocycles. The first kappa shape index (κ1) is 31.4. The maximum atomic E-state index is 12.0. The number of amides is 1. The van der Waals surface area contributed by atoms with Gasteiger partial charge in [-0.2, -0.15) is 0 Å². The highest BCUT2D eigenvalue weighted by molar-refractivity contribution is 5.91. The average molecular weight is 603 g/mol. The quantitative estimate of drug-likeness (QED) is 0.125. The Bertz CT molecular complexity index is 1810. The van der Waals surface area contributed by atoms with Crippen molar-refractivity contribution in [2.24, 2.45) is 0 Å². The second-order valence-corrected chi connectivity index (χ2v) is 10.9. The van der Waals surface area contributed by atoms with Gasteiger partial charge in [0.15, 0.2) is 0 Å². The van der Waals surface area contributed by atoms with Crippen molar-refractivity contribution in [1.82, 2.24) is 20.6 Å². The molecule has 2 aromatic heterocycles. The van der Waals surface area contributed by atoms with Gasteiger partial charge in [-0.1, -0.05) is 72.8 Å². The first-order chi connectivity index (χ1) is 22.1. The Morgan fingerprint density at radius 3 is 1.62 bits per heavy atom. The molecule has 6 aromatic rings. The maximum absolute atomic E-state index is 12.0. The van der Waals surface area contributed by atoms with Crippen LogP contribution in [0.25, 0.3) is 21.8 Å². The average Bonchev–Trinajstić information content (AvgIpc) is 3.73. The Labute approximate surface area is 265 Å². The number of aromatic amines is 2. The molecule has 0 fully saturated rings. The molecule has 232 valence electrons. The lowest BCUT2D eigenvalue weighted by atomic mass is 9.88. The summed E-state index contributed by atoms with van der Waals surface area (Å²) in [5, 5.41) is 8.21. The summed E-state index contributed by atoms with van der Waals surface area (Å²) >= 11 is 0. The number of H-pyrrole nitrogens is 2. The number of rotatable bonds is 11. The summed E-state index contributed by atoms with van der Waals surface area (Å²) in [6.07, 6.45) is 5.55. The van der Waals surface area contributed by atoms with Crippen LogP contribution < -0.4 is 20.1 Å². The monoisotopic (exact) mass is 602 g/mol. The van der Waals surface area contributed by atoms with Gasteiger partial charge in [-0.3, -0.25) is 4.79 Å². The standard InChI is InChI=1S/C19H20N2O2.C19H22N2O/c1-20-18(22)11-14(13-7-4-3-5-8-13)15-12-21-16-9-6-10-17(23-2)19(15)16;1-20-12-11-15(14-7-4-3-5-8-14)16-13-21-17-9-6-10-18(22-2)19(16)17/h3-10,12,14,21H,11H2,1-2H3,(H,20,22);3-10,13,15,20-21H,11-12H2,1-2H3/t14-;15-/m00/s1. The summed E-state index contributed by atoms with van der Waals surface area (Å²) in [6, 6.07) is 32.8. The van der Waals surface area contributed by atoms with Gasteiger partial charge in [0.2, 0.25) is 5.91 Å². The summed E-state index contributed by atoms with van der Waals surface area (Å²) in [7, 11) is 7.07. The van der Waals surface area contributed by atoms with Crippen molar-refractivity contribution >= 4 is 27.7 Å². The van der Waals surface area contributed by atoms with Crippen LogP contribution in [0.4, 0.5) is 0 Å². The Hall–Kier alpha value is -5.01. The number of ether oxygens (including phenoxy) is 2. The van der Waals surface area contributed by atoms with E-state index < -0.39 is 0 Å². The van der Waals surface area contributed by atoms with Crippen LogP contribution in [0, 0.1) is 0 Å². The number of fused-ring (bicyclic) bond motifs is 2. The van der Waals surface area contributed by atoms with Gasteiger partial charge in [0, 0.05) is 59.5 Å². The lowest BCUT2D eigenvalue weighted by Crippen LogP contribution is -2.21. The van der Waals surface area contributed by atoms with Gasteiger partial charge >= 0.3 is 0 Å². The minimum atomic E-state index is -0.0267. The van der Waals surface area contributed by atoms with E-state index in [0.717, 1.165) is 52.0 Å². The van der Waals surface area contributed by atoms with Crippen LogP contribution in [-0.2, 0) is 4.79 Å². The Morgan fingerprint density at radius 1 is 0.667 bits per heavy atom. The summed E-state index contributed by atoms with van der Waals surface area (Å²) in [5.41, 5.74) is 6.96. The highest BCUT2D eigenvalue weighted by atomic mass is 16.5. The second-order valence-electron chi connectivity index (χ2n) is 10.9. The number of methoxy groups -OCH3 is 2. The van der Waals surface area contributed by atoms with Crippen molar-refractivity contribution < 1.29 is 14.3 Å². The van der Waals surface area contributed by atoms with Crippen LogP contribution in [0.15, 0.2) is 109 Å². The molecule has 4 aromatic carbocycles. The second kappa shape index (κ2) is 15.1. The summed E-state index contributed by atoms with van der Waals surface area (Å²) in [5.74, 6) is 2.08. The predicted octanol–water partition coefficient (Wildman–Crippen LogP) is 7.36. The molecule has 0 saturated carbocycles. The molecule has 6 rings (SSSR count). The number of aromatic nitrogens is 2. The molecule has 0 aliphatic carbocycles. The fourth-order valence-corrected chi connectivity index (χ4v) is 6.10. The zero-order chi connectivity index (χ0) is 31.6. The van der Waals surface area contributed by atoms with Gasteiger partial charge in [-0.15, -0.1) is 0 Å². The van der Waals surface area contributed by atoms with E-state index in [-0.39, 0.29) is 11.8 Å². The lowest BCUT2D eigenvalue weighted by Gasteiger charge is -2.18. The number of hydrogen-bond donors (Lipinski definition) is 4. The Balaban J connectivity index is 0.000000178. The molecule has 1 amide bonds. The fourth-order valence-electron chi connectivity index (χ4n) is 6.10. The number of carbonyl (C=O) groups is 1. The van der Waals surface area contributed by atoms with E-state index in [2.05, 4.69) is 75.3 Å². The first-order valence-corrected chi connectivity index (χ1v) is 15.3. The molecule has 0 radical (unpaired) electrons. The summed E-state index contributed by atoms with van der Waals surface area (Å²) in [6.45, 7) is 0.974.